The number of hydrogen-bond donors (Lipinski definition) is 0. The molecule has 1 aliphatic rings. The predicted molar refractivity (Wildman–Crippen MR) is 123 cm³/mol. The van der Waals surface area contributed by atoms with Gasteiger partial charge >= 0.3 is 0 Å². The van der Waals surface area contributed by atoms with Gasteiger partial charge in [0.25, 0.3) is 0 Å². The Kier molecular flexibility index (Phi) is 6.56. The van der Waals surface area contributed by atoms with Gasteiger partial charge in [-0.25, -0.2) is 0 Å². The quantitative estimate of drug-likeness (QED) is 0.505. The van der Waals surface area contributed by atoms with E-state index >= 15 is 0 Å². The van der Waals surface area contributed by atoms with Gasteiger partial charge in [-0.2, -0.15) is 0 Å². The molecule has 1 aliphatic heterocycles. The summed E-state index contributed by atoms with van der Waals surface area (Å²) in [6.45, 7) is 0.764. The van der Waals surface area contributed by atoms with Crippen LogP contribution in [0.3, 0.4) is 0 Å². The van der Waals surface area contributed by atoms with E-state index in [4.69, 9.17) is 9.47 Å². The topological polar surface area (TPSA) is 38.8 Å². The highest BCUT2D eigenvalue weighted by molar-refractivity contribution is 5.79. The highest BCUT2D eigenvalue weighted by atomic mass is 16.5. The summed E-state index contributed by atoms with van der Waals surface area (Å²) in [6, 6.07) is 26.4. The maximum atomic E-state index is 13.6. The second kappa shape index (κ2) is 9.69. The van der Waals surface area contributed by atoms with Crippen molar-refractivity contribution in [1.29, 1.82) is 0 Å². The minimum atomic E-state index is 0.00440. The highest BCUT2D eigenvalue weighted by Crippen LogP contribution is 2.40. The average molecular weight is 416 g/mol. The van der Waals surface area contributed by atoms with Gasteiger partial charge in [-0.15, -0.1) is 0 Å². The zero-order chi connectivity index (χ0) is 21.6. The van der Waals surface area contributed by atoms with Crippen LogP contribution in [0.1, 0.15) is 47.9 Å². The normalized spacial score (nSPS) is 15.8. The van der Waals surface area contributed by atoms with Crippen LogP contribution in [0.4, 0.5) is 0 Å². The van der Waals surface area contributed by atoms with Gasteiger partial charge in [0.05, 0.1) is 20.3 Å². The molecule has 4 heteroatoms. The van der Waals surface area contributed by atoms with Crippen molar-refractivity contribution in [2.45, 2.75) is 31.2 Å². The fourth-order valence-corrected chi connectivity index (χ4v) is 4.58. The Balaban J connectivity index is 1.62. The number of carbonyl (C=O) groups is 1. The fraction of sp³-hybridized carbons (Fsp3) is 0.296. The lowest BCUT2D eigenvalue weighted by atomic mass is 9.88. The fourth-order valence-electron chi connectivity index (χ4n) is 4.58. The molecule has 0 aliphatic carbocycles. The van der Waals surface area contributed by atoms with E-state index in [1.807, 2.05) is 59.5 Å². The third-order valence-corrected chi connectivity index (χ3v) is 6.15. The minimum Gasteiger partial charge on any atom is -0.497 e. The molecule has 0 N–H and O–H groups in total. The van der Waals surface area contributed by atoms with Crippen LogP contribution in [0.25, 0.3) is 0 Å². The summed E-state index contributed by atoms with van der Waals surface area (Å²) in [4.78, 5) is 15.6. The third kappa shape index (κ3) is 4.58. The van der Waals surface area contributed by atoms with Crippen LogP contribution < -0.4 is 9.47 Å². The monoisotopic (exact) mass is 415 g/mol. The first-order chi connectivity index (χ1) is 15.2. The van der Waals surface area contributed by atoms with E-state index in [9.17, 15) is 4.79 Å². The summed E-state index contributed by atoms with van der Waals surface area (Å²) >= 11 is 0. The first-order valence-electron chi connectivity index (χ1n) is 10.8. The Labute approximate surface area is 184 Å². The van der Waals surface area contributed by atoms with Gasteiger partial charge in [-0.1, -0.05) is 60.7 Å². The summed E-state index contributed by atoms with van der Waals surface area (Å²) in [5, 5.41) is 0. The van der Waals surface area contributed by atoms with E-state index in [1.165, 1.54) is 0 Å². The van der Waals surface area contributed by atoms with Crippen LogP contribution >= 0.6 is 0 Å². The van der Waals surface area contributed by atoms with E-state index in [2.05, 4.69) is 24.3 Å². The van der Waals surface area contributed by atoms with Crippen LogP contribution in [-0.2, 0) is 4.79 Å². The molecular formula is C27H29NO3. The van der Waals surface area contributed by atoms with Crippen molar-refractivity contribution in [1.82, 2.24) is 4.90 Å². The van der Waals surface area contributed by atoms with Crippen LogP contribution in [0.2, 0.25) is 0 Å². The number of nitrogens with zero attached hydrogens (tertiary/aromatic N) is 1. The zero-order valence-corrected chi connectivity index (χ0v) is 18.2. The molecule has 1 saturated heterocycles. The molecule has 4 nitrogen and oxygen atoms in total. The van der Waals surface area contributed by atoms with E-state index in [-0.39, 0.29) is 17.9 Å². The summed E-state index contributed by atoms with van der Waals surface area (Å²) < 4.78 is 11.0. The molecule has 3 aromatic carbocycles. The van der Waals surface area contributed by atoms with E-state index in [1.54, 1.807) is 14.2 Å². The largest absolute Gasteiger partial charge is 0.497 e. The van der Waals surface area contributed by atoms with E-state index < -0.39 is 0 Å². The molecule has 1 fully saturated rings. The zero-order valence-electron chi connectivity index (χ0n) is 18.2. The number of benzene rings is 3. The number of hydrogen-bond acceptors (Lipinski definition) is 3. The number of amides is 1. The van der Waals surface area contributed by atoms with E-state index in [0.717, 1.165) is 47.6 Å². The van der Waals surface area contributed by atoms with Gasteiger partial charge < -0.3 is 14.4 Å². The average Bonchev–Trinajstić information content (AvgIpc) is 3.33. The molecule has 0 aromatic heterocycles. The van der Waals surface area contributed by atoms with Crippen molar-refractivity contribution < 1.29 is 14.3 Å². The summed E-state index contributed by atoms with van der Waals surface area (Å²) in [5.41, 5.74) is 3.34. The molecule has 4 rings (SSSR count). The molecule has 1 amide bonds. The first-order valence-corrected chi connectivity index (χ1v) is 10.8. The highest BCUT2D eigenvalue weighted by Gasteiger charge is 2.33. The Morgan fingerprint density at radius 2 is 1.58 bits per heavy atom. The number of carbonyl (C=O) groups excluding carboxylic acids is 1. The van der Waals surface area contributed by atoms with Gasteiger partial charge in [0.15, 0.2) is 0 Å². The standard InChI is InChI=1S/C27H29NO3/c1-30-22-15-16-26(31-2)24(18-22)25-14-9-17-28(25)27(29)19-23(20-10-5-3-6-11-20)21-12-7-4-8-13-21/h3-8,10-13,15-16,18,23,25H,9,14,17,19H2,1-2H3/t25-/m0/s1. The van der Waals surface area contributed by atoms with Crippen LogP contribution in [0, 0.1) is 0 Å². The molecule has 0 spiro atoms. The lowest BCUT2D eigenvalue weighted by molar-refractivity contribution is -0.132. The van der Waals surface area contributed by atoms with Crippen molar-refractivity contribution in [2.75, 3.05) is 20.8 Å². The molecule has 160 valence electrons. The number of likely N-dealkylation sites (tertiary alicyclic amines) is 1. The molecule has 0 saturated carbocycles. The summed E-state index contributed by atoms with van der Waals surface area (Å²) in [6.07, 6.45) is 2.35. The smallest absolute Gasteiger partial charge is 0.224 e. The SMILES string of the molecule is COc1ccc(OC)c([C@@H]2CCCN2C(=O)CC(c2ccccc2)c2ccccc2)c1. The molecule has 3 aromatic rings. The second-order valence-electron chi connectivity index (χ2n) is 7.93. The van der Waals surface area contributed by atoms with Crippen LogP contribution in [0.15, 0.2) is 78.9 Å². The molecule has 0 radical (unpaired) electrons. The molecule has 0 bridgehead atoms. The Bertz CT molecular complexity index is 964. The predicted octanol–water partition coefficient (Wildman–Crippen LogP) is 5.59. The molecule has 1 heterocycles. The Hall–Kier alpha value is -3.27. The Morgan fingerprint density at radius 3 is 2.16 bits per heavy atom. The molecular weight excluding hydrogens is 386 g/mol. The van der Waals surface area contributed by atoms with Gasteiger partial charge in [-0.3, -0.25) is 4.79 Å². The number of rotatable bonds is 7. The first kappa shape index (κ1) is 21.0. The lowest BCUT2D eigenvalue weighted by Crippen LogP contribution is -2.32. The summed E-state index contributed by atoms with van der Waals surface area (Å²) in [5.74, 6) is 1.78. The van der Waals surface area contributed by atoms with Crippen molar-refractivity contribution in [3.8, 4) is 11.5 Å². The van der Waals surface area contributed by atoms with Gasteiger partial charge in [0, 0.05) is 24.4 Å². The number of ether oxygens (including phenoxy) is 2. The Morgan fingerprint density at radius 1 is 0.935 bits per heavy atom. The minimum absolute atomic E-state index is 0.00440. The lowest BCUT2D eigenvalue weighted by Gasteiger charge is -2.28. The van der Waals surface area contributed by atoms with Gasteiger partial charge in [0.1, 0.15) is 11.5 Å². The maximum absolute atomic E-state index is 13.6. The van der Waals surface area contributed by atoms with Crippen LogP contribution in [0.5, 0.6) is 11.5 Å². The maximum Gasteiger partial charge on any atom is 0.224 e. The van der Waals surface area contributed by atoms with Gasteiger partial charge in [-0.05, 0) is 42.2 Å². The number of methoxy groups -OCH3 is 2. The molecule has 31 heavy (non-hydrogen) atoms. The van der Waals surface area contributed by atoms with Crippen LogP contribution in [-0.4, -0.2) is 31.6 Å². The summed E-state index contributed by atoms with van der Waals surface area (Å²) in [7, 11) is 3.33. The van der Waals surface area contributed by atoms with Crippen molar-refractivity contribution >= 4 is 5.91 Å². The second-order valence-corrected chi connectivity index (χ2v) is 7.93. The van der Waals surface area contributed by atoms with E-state index in [0.29, 0.717) is 6.42 Å². The molecule has 0 unspecified atom stereocenters. The van der Waals surface area contributed by atoms with Gasteiger partial charge in [0.2, 0.25) is 5.91 Å². The van der Waals surface area contributed by atoms with Crippen molar-refractivity contribution in [3.63, 3.8) is 0 Å². The molecule has 1 atom stereocenters. The van der Waals surface area contributed by atoms with Crippen molar-refractivity contribution in [3.05, 3.63) is 95.6 Å². The third-order valence-electron chi connectivity index (χ3n) is 6.15. The van der Waals surface area contributed by atoms with Crippen molar-refractivity contribution in [2.24, 2.45) is 0 Å².